The number of hydrogen-bond acceptors (Lipinski definition) is 3. The smallest absolute Gasteiger partial charge is 0.131 e. The van der Waals surface area contributed by atoms with Gasteiger partial charge in [-0.05, 0) is 18.6 Å². The van der Waals surface area contributed by atoms with Crippen LogP contribution in [0.5, 0.6) is 5.75 Å². The molecule has 0 aromatic heterocycles. The van der Waals surface area contributed by atoms with Crippen molar-refractivity contribution in [2.75, 3.05) is 19.8 Å². The molecule has 0 spiro atoms. The maximum Gasteiger partial charge on any atom is 0.131 e. The highest BCUT2D eigenvalue weighted by molar-refractivity contribution is 5.42. The predicted molar refractivity (Wildman–Crippen MR) is 54.4 cm³/mol. The van der Waals surface area contributed by atoms with Gasteiger partial charge >= 0.3 is 0 Å². The number of phenols is 1. The molecule has 1 heterocycles. The summed E-state index contributed by atoms with van der Waals surface area (Å²) in [6.45, 7) is 3.46. The van der Waals surface area contributed by atoms with Gasteiger partial charge in [0.15, 0.2) is 0 Å². The Morgan fingerprint density at radius 2 is 2.33 bits per heavy atom. The number of nitrogens with one attached hydrogen (secondary N) is 1. The van der Waals surface area contributed by atoms with Crippen LogP contribution in [-0.2, 0) is 4.74 Å². The van der Waals surface area contributed by atoms with Crippen molar-refractivity contribution in [3.05, 3.63) is 29.1 Å². The summed E-state index contributed by atoms with van der Waals surface area (Å²) in [6.07, 6.45) is 0. The van der Waals surface area contributed by atoms with E-state index in [1.165, 1.54) is 6.07 Å². The lowest BCUT2D eigenvalue weighted by Crippen LogP contribution is -2.35. The van der Waals surface area contributed by atoms with Gasteiger partial charge in [-0.3, -0.25) is 0 Å². The number of phenolic OH excluding ortho intramolecular Hbond substituents is 1. The lowest BCUT2D eigenvalue weighted by atomic mass is 10.0. The van der Waals surface area contributed by atoms with Gasteiger partial charge in [0.1, 0.15) is 11.6 Å². The van der Waals surface area contributed by atoms with E-state index >= 15 is 0 Å². The molecule has 1 aliphatic rings. The van der Waals surface area contributed by atoms with Crippen molar-refractivity contribution in [3.8, 4) is 5.75 Å². The fourth-order valence-electron chi connectivity index (χ4n) is 1.77. The van der Waals surface area contributed by atoms with Gasteiger partial charge in [-0.25, -0.2) is 4.39 Å². The maximum atomic E-state index is 13.6. The van der Waals surface area contributed by atoms with Crippen molar-refractivity contribution >= 4 is 0 Å². The molecule has 0 unspecified atom stereocenters. The normalized spacial score (nSPS) is 21.6. The van der Waals surface area contributed by atoms with E-state index in [0.29, 0.717) is 30.9 Å². The van der Waals surface area contributed by atoms with Crippen LogP contribution in [0.2, 0.25) is 0 Å². The van der Waals surface area contributed by atoms with Crippen molar-refractivity contribution in [2.45, 2.75) is 13.0 Å². The highest BCUT2D eigenvalue weighted by atomic mass is 19.1. The van der Waals surface area contributed by atoms with Crippen LogP contribution < -0.4 is 5.32 Å². The van der Waals surface area contributed by atoms with Crippen molar-refractivity contribution in [2.24, 2.45) is 0 Å². The molecule has 1 saturated heterocycles. The van der Waals surface area contributed by atoms with Crippen molar-refractivity contribution in [1.29, 1.82) is 0 Å². The lowest BCUT2D eigenvalue weighted by molar-refractivity contribution is 0.0748. The zero-order chi connectivity index (χ0) is 10.8. The minimum atomic E-state index is -0.388. The molecule has 0 aliphatic carbocycles. The monoisotopic (exact) mass is 211 g/mol. The molecule has 0 radical (unpaired) electrons. The summed E-state index contributed by atoms with van der Waals surface area (Å²) >= 11 is 0. The first-order valence-corrected chi connectivity index (χ1v) is 4.99. The summed E-state index contributed by atoms with van der Waals surface area (Å²) in [4.78, 5) is 0. The van der Waals surface area contributed by atoms with Crippen molar-refractivity contribution in [3.63, 3.8) is 0 Å². The lowest BCUT2D eigenvalue weighted by Gasteiger charge is -2.25. The van der Waals surface area contributed by atoms with E-state index in [9.17, 15) is 9.50 Å². The summed E-state index contributed by atoms with van der Waals surface area (Å²) in [5, 5.41) is 12.9. The molecule has 1 fully saturated rings. The molecule has 0 amide bonds. The van der Waals surface area contributed by atoms with Gasteiger partial charge in [-0.15, -0.1) is 0 Å². The van der Waals surface area contributed by atoms with Crippen LogP contribution in [0.4, 0.5) is 4.39 Å². The average Bonchev–Trinajstić information content (AvgIpc) is 2.26. The fraction of sp³-hybridized carbons (Fsp3) is 0.455. The van der Waals surface area contributed by atoms with E-state index in [0.717, 1.165) is 0 Å². The molecule has 1 aliphatic heterocycles. The van der Waals surface area contributed by atoms with Gasteiger partial charge < -0.3 is 15.2 Å². The highest BCUT2D eigenvalue weighted by Crippen LogP contribution is 2.31. The fourth-order valence-corrected chi connectivity index (χ4v) is 1.77. The molecular formula is C11H14FNO2. The molecule has 4 heteroatoms. The molecule has 15 heavy (non-hydrogen) atoms. The first kappa shape index (κ1) is 10.4. The molecule has 3 nitrogen and oxygen atoms in total. The molecule has 82 valence electrons. The third kappa shape index (κ3) is 1.96. The van der Waals surface area contributed by atoms with Gasteiger partial charge in [-0.2, -0.15) is 0 Å². The highest BCUT2D eigenvalue weighted by Gasteiger charge is 2.22. The molecule has 1 aromatic rings. The molecule has 1 aromatic carbocycles. The van der Waals surface area contributed by atoms with Crippen molar-refractivity contribution in [1.82, 2.24) is 5.32 Å². The van der Waals surface area contributed by atoms with E-state index in [2.05, 4.69) is 5.32 Å². The Bertz CT molecular complexity index is 362. The number of benzene rings is 1. The number of hydrogen-bond donors (Lipinski definition) is 2. The van der Waals surface area contributed by atoms with E-state index < -0.39 is 0 Å². The Hall–Kier alpha value is -1.13. The number of rotatable bonds is 1. The van der Waals surface area contributed by atoms with Crippen LogP contribution in [0.15, 0.2) is 12.1 Å². The van der Waals surface area contributed by atoms with Gasteiger partial charge in [0.05, 0.1) is 19.3 Å². The molecular weight excluding hydrogens is 197 g/mol. The van der Waals surface area contributed by atoms with E-state index in [4.69, 9.17) is 4.74 Å². The topological polar surface area (TPSA) is 41.5 Å². The molecule has 0 saturated carbocycles. The van der Waals surface area contributed by atoms with E-state index in [1.807, 2.05) is 0 Å². The van der Waals surface area contributed by atoms with Gasteiger partial charge in [0, 0.05) is 12.1 Å². The Morgan fingerprint density at radius 1 is 1.53 bits per heavy atom. The second-order valence-corrected chi connectivity index (χ2v) is 3.71. The average molecular weight is 211 g/mol. The summed E-state index contributed by atoms with van der Waals surface area (Å²) in [7, 11) is 0. The first-order valence-electron chi connectivity index (χ1n) is 4.99. The standard InChI is InChI=1S/C11H14FNO2/c1-7-2-3-8(12)10(11(7)14)9-6-15-5-4-13-9/h2-3,9,13-14H,4-6H2,1H3/t9-/m0/s1. The van der Waals surface area contributed by atoms with Crippen LogP contribution in [0.25, 0.3) is 0 Å². The van der Waals surface area contributed by atoms with Gasteiger partial charge in [-0.1, -0.05) is 6.07 Å². The zero-order valence-electron chi connectivity index (χ0n) is 8.59. The Labute approximate surface area is 87.9 Å². The number of morpholine rings is 1. The largest absolute Gasteiger partial charge is 0.507 e. The van der Waals surface area contributed by atoms with Gasteiger partial charge in [0.2, 0.25) is 0 Å². The summed E-state index contributed by atoms with van der Waals surface area (Å²) in [5.41, 5.74) is 0.994. The minimum Gasteiger partial charge on any atom is -0.507 e. The quantitative estimate of drug-likeness (QED) is 0.739. The molecule has 1 atom stereocenters. The second-order valence-electron chi connectivity index (χ2n) is 3.71. The Balaban J connectivity index is 2.36. The minimum absolute atomic E-state index is 0.0259. The summed E-state index contributed by atoms with van der Waals surface area (Å²) in [5.74, 6) is -0.362. The Morgan fingerprint density at radius 3 is 3.00 bits per heavy atom. The number of aromatic hydroxyl groups is 1. The van der Waals surface area contributed by atoms with E-state index in [-0.39, 0.29) is 17.6 Å². The van der Waals surface area contributed by atoms with Crippen LogP contribution in [-0.4, -0.2) is 24.9 Å². The van der Waals surface area contributed by atoms with Crippen LogP contribution in [0.1, 0.15) is 17.2 Å². The molecule has 2 N–H and O–H groups in total. The SMILES string of the molecule is Cc1ccc(F)c([C@@H]2COCCN2)c1O. The van der Waals surface area contributed by atoms with Crippen LogP contribution in [0.3, 0.4) is 0 Å². The van der Waals surface area contributed by atoms with Crippen LogP contribution in [0, 0.1) is 12.7 Å². The first-order chi connectivity index (χ1) is 7.20. The molecule has 0 bridgehead atoms. The van der Waals surface area contributed by atoms with Crippen LogP contribution >= 0.6 is 0 Å². The third-order valence-electron chi connectivity index (χ3n) is 2.64. The number of halogens is 1. The number of aryl methyl sites for hydroxylation is 1. The third-order valence-corrected chi connectivity index (χ3v) is 2.64. The zero-order valence-corrected chi connectivity index (χ0v) is 8.59. The van der Waals surface area contributed by atoms with E-state index in [1.54, 1.807) is 13.0 Å². The number of ether oxygens (including phenoxy) is 1. The summed E-state index contributed by atoms with van der Waals surface area (Å²) < 4.78 is 18.8. The van der Waals surface area contributed by atoms with Gasteiger partial charge in [0.25, 0.3) is 0 Å². The Kier molecular flexibility index (Phi) is 2.88. The second kappa shape index (κ2) is 4.16. The summed E-state index contributed by atoms with van der Waals surface area (Å²) in [6, 6.07) is 2.69. The maximum absolute atomic E-state index is 13.6. The van der Waals surface area contributed by atoms with Crippen molar-refractivity contribution < 1.29 is 14.2 Å². The molecule has 2 rings (SSSR count). The predicted octanol–water partition coefficient (Wildman–Crippen LogP) is 1.50.